The molecule has 1 heteroatoms. The molecule has 10 heavy (non-hydrogen) atoms. The molecule has 0 amide bonds. The molecule has 0 aromatic carbocycles. The molecule has 0 spiro atoms. The molecule has 0 aliphatic carbocycles. The van der Waals surface area contributed by atoms with Crippen molar-refractivity contribution < 1.29 is 0 Å². The Balaban J connectivity index is 2.42. The van der Waals surface area contributed by atoms with Crippen LogP contribution in [0.4, 0.5) is 0 Å². The van der Waals surface area contributed by atoms with Crippen LogP contribution in [0.5, 0.6) is 0 Å². The zero-order valence-corrected chi connectivity index (χ0v) is 6.17. The average Bonchev–Trinajstić information content (AvgIpc) is 1.79. The van der Waals surface area contributed by atoms with Crippen LogP contribution in [-0.2, 0) is 0 Å². The van der Waals surface area contributed by atoms with Crippen LogP contribution in [0, 0.1) is 0 Å². The number of rotatable bonds is 3. The third kappa shape index (κ3) is 1.44. The second kappa shape index (κ2) is 3.16. The summed E-state index contributed by atoms with van der Waals surface area (Å²) in [6.07, 6.45) is 8.87. The normalized spacial score (nSPS) is 15.1. The number of allylic oxidation sites excluding steroid dienone is 4. The van der Waals surface area contributed by atoms with Gasteiger partial charge in [-0.1, -0.05) is 25.7 Å². The van der Waals surface area contributed by atoms with Gasteiger partial charge in [0.25, 0.3) is 0 Å². The summed E-state index contributed by atoms with van der Waals surface area (Å²) in [6, 6.07) is 0. The van der Waals surface area contributed by atoms with Crippen molar-refractivity contribution in [1.82, 2.24) is 0 Å². The van der Waals surface area contributed by atoms with Crippen molar-refractivity contribution in [3.05, 3.63) is 36.6 Å². The second-order valence-corrected chi connectivity index (χ2v) is 2.17. The van der Waals surface area contributed by atoms with Gasteiger partial charge in [0, 0.05) is 6.20 Å². The lowest BCUT2D eigenvalue weighted by molar-refractivity contribution is 1.22. The Kier molecular flexibility index (Phi) is 2.21. The molecule has 0 saturated carbocycles. The maximum absolute atomic E-state index is 4.01. The van der Waals surface area contributed by atoms with Crippen molar-refractivity contribution >= 4 is 5.71 Å². The SMILES string of the molecule is C=C(/C=C\CC)C1=NC=C1. The van der Waals surface area contributed by atoms with Gasteiger partial charge in [0.05, 0.1) is 5.71 Å². The van der Waals surface area contributed by atoms with Gasteiger partial charge in [-0.25, -0.2) is 0 Å². The van der Waals surface area contributed by atoms with Gasteiger partial charge in [-0.3, -0.25) is 4.99 Å². The molecule has 0 unspecified atom stereocenters. The summed E-state index contributed by atoms with van der Waals surface area (Å²) in [5.41, 5.74) is 2.01. The standard InChI is InChI=1S/C9H11N/c1-3-4-5-8(2)9-6-7-10-9/h4-7H,2-3H2,1H3/b5-4-. The Morgan fingerprint density at radius 3 is 2.90 bits per heavy atom. The second-order valence-electron chi connectivity index (χ2n) is 2.17. The fourth-order valence-electron chi connectivity index (χ4n) is 0.685. The molecule has 1 aliphatic heterocycles. The van der Waals surface area contributed by atoms with Crippen molar-refractivity contribution in [1.29, 1.82) is 0 Å². The fraction of sp³-hybridized carbons (Fsp3) is 0.222. The van der Waals surface area contributed by atoms with E-state index < -0.39 is 0 Å². The van der Waals surface area contributed by atoms with Crippen LogP contribution >= 0.6 is 0 Å². The molecule has 0 saturated heterocycles. The van der Waals surface area contributed by atoms with E-state index in [0.717, 1.165) is 17.7 Å². The van der Waals surface area contributed by atoms with Crippen LogP contribution < -0.4 is 0 Å². The highest BCUT2D eigenvalue weighted by Crippen LogP contribution is 2.06. The minimum Gasteiger partial charge on any atom is -0.256 e. The van der Waals surface area contributed by atoms with Gasteiger partial charge in [-0.2, -0.15) is 0 Å². The van der Waals surface area contributed by atoms with Crippen LogP contribution in [-0.4, -0.2) is 5.71 Å². The Labute approximate surface area is 61.5 Å². The number of aliphatic imine (C=N–C) groups is 1. The van der Waals surface area contributed by atoms with Crippen LogP contribution in [0.25, 0.3) is 0 Å². The lowest BCUT2D eigenvalue weighted by Gasteiger charge is -2.03. The van der Waals surface area contributed by atoms with E-state index >= 15 is 0 Å². The van der Waals surface area contributed by atoms with E-state index in [4.69, 9.17) is 0 Å². The number of nitrogens with zero attached hydrogens (tertiary/aromatic N) is 1. The van der Waals surface area contributed by atoms with E-state index in [1.54, 1.807) is 6.20 Å². The number of hydrogen-bond donors (Lipinski definition) is 0. The summed E-state index contributed by atoms with van der Waals surface area (Å²) in [4.78, 5) is 4.01. The minimum absolute atomic E-state index is 1.00. The Bertz CT molecular complexity index is 219. The highest BCUT2D eigenvalue weighted by atomic mass is 14.7. The molecule has 0 N–H and O–H groups in total. The van der Waals surface area contributed by atoms with Crippen molar-refractivity contribution in [3.8, 4) is 0 Å². The zero-order valence-electron chi connectivity index (χ0n) is 6.17. The molecule has 0 fully saturated rings. The topological polar surface area (TPSA) is 12.4 Å². The monoisotopic (exact) mass is 133 g/mol. The van der Waals surface area contributed by atoms with Crippen LogP contribution in [0.1, 0.15) is 13.3 Å². The maximum Gasteiger partial charge on any atom is 0.0711 e. The Hall–Kier alpha value is -1.11. The lowest BCUT2D eigenvalue weighted by atomic mass is 10.1. The van der Waals surface area contributed by atoms with Crippen LogP contribution in [0.3, 0.4) is 0 Å². The lowest BCUT2D eigenvalue weighted by Crippen LogP contribution is -1.99. The molecule has 0 aromatic heterocycles. The zero-order chi connectivity index (χ0) is 7.40. The summed E-state index contributed by atoms with van der Waals surface area (Å²) < 4.78 is 0. The number of hydrogen-bond acceptors (Lipinski definition) is 1. The predicted molar refractivity (Wildman–Crippen MR) is 45.1 cm³/mol. The van der Waals surface area contributed by atoms with Crippen molar-refractivity contribution in [2.75, 3.05) is 0 Å². The highest BCUT2D eigenvalue weighted by Gasteiger charge is 2.00. The van der Waals surface area contributed by atoms with Crippen molar-refractivity contribution in [2.45, 2.75) is 13.3 Å². The molecular formula is C9H11N. The van der Waals surface area contributed by atoms with Gasteiger partial charge in [-0.15, -0.1) is 0 Å². The highest BCUT2D eigenvalue weighted by molar-refractivity contribution is 6.13. The van der Waals surface area contributed by atoms with Crippen molar-refractivity contribution in [2.24, 2.45) is 4.99 Å². The molecule has 1 heterocycles. The van der Waals surface area contributed by atoms with E-state index in [0.29, 0.717) is 0 Å². The molecule has 1 rings (SSSR count). The van der Waals surface area contributed by atoms with E-state index in [9.17, 15) is 0 Å². The molecule has 0 bridgehead atoms. The molecular weight excluding hydrogens is 122 g/mol. The molecule has 1 aliphatic rings. The average molecular weight is 133 g/mol. The Morgan fingerprint density at radius 1 is 1.80 bits per heavy atom. The summed E-state index contributed by atoms with van der Waals surface area (Å²) in [7, 11) is 0. The van der Waals surface area contributed by atoms with E-state index in [2.05, 4.69) is 24.6 Å². The van der Waals surface area contributed by atoms with Crippen LogP contribution in [0.15, 0.2) is 41.6 Å². The van der Waals surface area contributed by atoms with Gasteiger partial charge in [-0.05, 0) is 18.1 Å². The van der Waals surface area contributed by atoms with Gasteiger partial charge in [0.15, 0.2) is 0 Å². The van der Waals surface area contributed by atoms with Crippen LogP contribution in [0.2, 0.25) is 0 Å². The molecule has 0 radical (unpaired) electrons. The smallest absolute Gasteiger partial charge is 0.0711 e. The fourth-order valence-corrected chi connectivity index (χ4v) is 0.685. The van der Waals surface area contributed by atoms with Gasteiger partial charge < -0.3 is 0 Å². The maximum atomic E-state index is 4.01. The van der Waals surface area contributed by atoms with Gasteiger partial charge >= 0.3 is 0 Å². The van der Waals surface area contributed by atoms with Gasteiger partial charge in [0.2, 0.25) is 0 Å². The first-order valence-electron chi connectivity index (χ1n) is 3.44. The largest absolute Gasteiger partial charge is 0.256 e. The predicted octanol–water partition coefficient (Wildman–Crippen LogP) is 2.48. The first-order valence-corrected chi connectivity index (χ1v) is 3.44. The Morgan fingerprint density at radius 2 is 2.50 bits per heavy atom. The molecule has 52 valence electrons. The first-order chi connectivity index (χ1) is 4.84. The third-order valence-corrected chi connectivity index (χ3v) is 1.33. The quantitative estimate of drug-likeness (QED) is 0.524. The minimum atomic E-state index is 1.00. The van der Waals surface area contributed by atoms with Gasteiger partial charge in [0.1, 0.15) is 0 Å². The van der Waals surface area contributed by atoms with E-state index in [-0.39, 0.29) is 0 Å². The first kappa shape index (κ1) is 7.00. The van der Waals surface area contributed by atoms with E-state index in [1.165, 1.54) is 0 Å². The van der Waals surface area contributed by atoms with E-state index in [1.807, 2.05) is 12.2 Å². The molecule has 0 atom stereocenters. The summed E-state index contributed by atoms with van der Waals surface area (Å²) in [5.74, 6) is 0. The summed E-state index contributed by atoms with van der Waals surface area (Å²) in [5, 5.41) is 0. The summed E-state index contributed by atoms with van der Waals surface area (Å²) >= 11 is 0. The summed E-state index contributed by atoms with van der Waals surface area (Å²) in [6.45, 7) is 5.94. The molecule has 1 nitrogen and oxygen atoms in total. The molecule has 0 aromatic rings. The van der Waals surface area contributed by atoms with Crippen molar-refractivity contribution in [3.63, 3.8) is 0 Å². The third-order valence-electron chi connectivity index (χ3n) is 1.33.